The molecule has 1 saturated carbocycles. The highest BCUT2D eigenvalue weighted by Gasteiger charge is 2.47. The Labute approximate surface area is 131 Å². The van der Waals surface area contributed by atoms with Crippen LogP contribution in [0.1, 0.15) is 86.0 Å². The number of hydrogen-bond donors (Lipinski definition) is 0. The lowest BCUT2D eigenvalue weighted by Crippen LogP contribution is -2.62. The molecule has 124 valence electrons. The van der Waals surface area contributed by atoms with Crippen molar-refractivity contribution in [3.63, 3.8) is 0 Å². The molecule has 1 aliphatic carbocycles. The molecule has 0 bridgehead atoms. The summed E-state index contributed by atoms with van der Waals surface area (Å²) in [7, 11) is 0. The van der Waals surface area contributed by atoms with E-state index in [4.69, 9.17) is 9.57 Å². The normalized spacial score (nSPS) is 27.9. The molecule has 1 aliphatic heterocycles. The van der Waals surface area contributed by atoms with Crippen molar-refractivity contribution in [2.24, 2.45) is 0 Å². The first-order valence-corrected chi connectivity index (χ1v) is 8.94. The zero-order valence-corrected chi connectivity index (χ0v) is 14.8. The van der Waals surface area contributed by atoms with Gasteiger partial charge >= 0.3 is 0 Å². The van der Waals surface area contributed by atoms with Gasteiger partial charge in [0.1, 0.15) is 0 Å². The predicted molar refractivity (Wildman–Crippen MR) is 87.2 cm³/mol. The van der Waals surface area contributed by atoms with Gasteiger partial charge in [-0.15, -0.1) is 0 Å². The second-order valence-corrected chi connectivity index (χ2v) is 8.19. The van der Waals surface area contributed by atoms with Gasteiger partial charge in [-0.2, -0.15) is 5.06 Å². The second-order valence-electron chi connectivity index (χ2n) is 8.19. The number of ether oxygens (including phenoxy) is 1. The van der Waals surface area contributed by atoms with Gasteiger partial charge in [-0.25, -0.2) is 0 Å². The van der Waals surface area contributed by atoms with Gasteiger partial charge in [-0.05, 0) is 59.8 Å². The quantitative estimate of drug-likeness (QED) is 0.734. The van der Waals surface area contributed by atoms with E-state index in [0.29, 0.717) is 12.2 Å². The molecule has 3 nitrogen and oxygen atoms in total. The molecule has 0 aromatic heterocycles. The molecule has 3 heteroatoms. The molecule has 2 fully saturated rings. The van der Waals surface area contributed by atoms with Crippen LogP contribution in [0, 0.1) is 0 Å². The van der Waals surface area contributed by atoms with Crippen LogP contribution >= 0.6 is 0 Å². The maximum atomic E-state index is 6.49. The molecule has 1 saturated heterocycles. The van der Waals surface area contributed by atoms with E-state index in [0.717, 1.165) is 25.9 Å². The van der Waals surface area contributed by atoms with E-state index < -0.39 is 0 Å². The summed E-state index contributed by atoms with van der Waals surface area (Å²) in [6, 6.07) is 0. The van der Waals surface area contributed by atoms with Crippen molar-refractivity contribution in [1.82, 2.24) is 5.06 Å². The Kier molecular flexibility index (Phi) is 5.72. The molecule has 2 rings (SSSR count). The molecule has 0 aromatic rings. The van der Waals surface area contributed by atoms with Gasteiger partial charge in [0.2, 0.25) is 0 Å². The maximum absolute atomic E-state index is 6.49. The first-order valence-electron chi connectivity index (χ1n) is 8.94. The van der Waals surface area contributed by atoms with Gasteiger partial charge in [-0.1, -0.05) is 26.2 Å². The molecule has 1 heterocycles. The van der Waals surface area contributed by atoms with Gasteiger partial charge in [-0.3, -0.25) is 4.84 Å². The van der Waals surface area contributed by atoms with Crippen molar-refractivity contribution in [2.45, 2.75) is 109 Å². The molecule has 21 heavy (non-hydrogen) atoms. The molecule has 0 unspecified atom stereocenters. The summed E-state index contributed by atoms with van der Waals surface area (Å²) in [6.07, 6.45) is 10.5. The number of rotatable bonds is 5. The van der Waals surface area contributed by atoms with Crippen LogP contribution < -0.4 is 0 Å². The fourth-order valence-corrected chi connectivity index (χ4v) is 4.18. The lowest BCUT2D eigenvalue weighted by Gasteiger charge is -2.54. The van der Waals surface area contributed by atoms with Crippen LogP contribution in [0.4, 0.5) is 0 Å². The highest BCUT2D eigenvalue weighted by molar-refractivity contribution is 4.97. The topological polar surface area (TPSA) is 21.7 Å². The number of hydrogen-bond acceptors (Lipinski definition) is 3. The van der Waals surface area contributed by atoms with Crippen molar-refractivity contribution in [2.75, 3.05) is 6.61 Å². The molecule has 0 N–H and O–H groups in total. The molecule has 0 atom stereocenters. The Morgan fingerprint density at radius 1 is 0.905 bits per heavy atom. The highest BCUT2D eigenvalue weighted by Crippen LogP contribution is 2.41. The van der Waals surface area contributed by atoms with Crippen LogP contribution in [0.5, 0.6) is 0 Å². The summed E-state index contributed by atoms with van der Waals surface area (Å²) in [4.78, 5) is 6.49. The van der Waals surface area contributed by atoms with E-state index in [2.05, 4.69) is 39.7 Å². The summed E-state index contributed by atoms with van der Waals surface area (Å²) in [6.45, 7) is 12.3. The Balaban J connectivity index is 2.02. The zero-order chi connectivity index (χ0) is 15.5. The summed E-state index contributed by atoms with van der Waals surface area (Å²) in [5, 5.41) is 2.31. The van der Waals surface area contributed by atoms with Crippen LogP contribution in [0.15, 0.2) is 0 Å². The van der Waals surface area contributed by atoms with Crippen LogP contribution in [-0.4, -0.2) is 35.0 Å². The molecule has 0 amide bonds. The van der Waals surface area contributed by atoms with E-state index in [-0.39, 0.29) is 11.1 Å². The average Bonchev–Trinajstić information content (AvgIpc) is 2.41. The van der Waals surface area contributed by atoms with Crippen LogP contribution in [0.3, 0.4) is 0 Å². The minimum absolute atomic E-state index is 0.0393. The first-order chi connectivity index (χ1) is 9.85. The minimum Gasteiger partial charge on any atom is -0.378 e. The van der Waals surface area contributed by atoms with Gasteiger partial charge in [0, 0.05) is 17.7 Å². The molecule has 0 spiro atoms. The third-order valence-electron chi connectivity index (χ3n) is 4.92. The Morgan fingerprint density at radius 3 is 2.00 bits per heavy atom. The van der Waals surface area contributed by atoms with E-state index in [9.17, 15) is 0 Å². The minimum atomic E-state index is 0.0393. The van der Waals surface area contributed by atoms with E-state index in [1.165, 1.54) is 32.1 Å². The highest BCUT2D eigenvalue weighted by atomic mass is 16.7. The first kappa shape index (κ1) is 17.2. The Hall–Kier alpha value is -0.120. The SMILES string of the molecule is CCCOC1CC(C)(C)N(OC2CCCCC2)C(C)(C)C1. The Bertz CT molecular complexity index is 303. The number of piperidine rings is 1. The van der Waals surface area contributed by atoms with Gasteiger partial charge in [0.25, 0.3) is 0 Å². The molecule has 2 aliphatic rings. The maximum Gasteiger partial charge on any atom is 0.0793 e. The van der Waals surface area contributed by atoms with Gasteiger partial charge in [0.15, 0.2) is 0 Å². The number of nitrogens with zero attached hydrogens (tertiary/aromatic N) is 1. The monoisotopic (exact) mass is 297 g/mol. The average molecular weight is 297 g/mol. The van der Waals surface area contributed by atoms with Crippen LogP contribution in [0.2, 0.25) is 0 Å². The van der Waals surface area contributed by atoms with Crippen molar-refractivity contribution < 1.29 is 9.57 Å². The zero-order valence-electron chi connectivity index (χ0n) is 14.8. The van der Waals surface area contributed by atoms with Crippen molar-refractivity contribution in [1.29, 1.82) is 0 Å². The number of hydroxylamine groups is 2. The molecule has 0 aromatic carbocycles. The van der Waals surface area contributed by atoms with Gasteiger partial charge in [0.05, 0.1) is 12.2 Å². The van der Waals surface area contributed by atoms with Crippen LogP contribution in [-0.2, 0) is 9.57 Å². The van der Waals surface area contributed by atoms with E-state index >= 15 is 0 Å². The smallest absolute Gasteiger partial charge is 0.0793 e. The molecular weight excluding hydrogens is 262 g/mol. The lowest BCUT2D eigenvalue weighted by atomic mass is 9.80. The standard InChI is InChI=1S/C18H35NO2/c1-6-12-20-16-13-17(2,3)19(18(4,5)14-16)21-15-10-8-7-9-11-15/h15-16H,6-14H2,1-5H3. The lowest BCUT2D eigenvalue weighted by molar-refractivity contribution is -0.319. The van der Waals surface area contributed by atoms with Crippen molar-refractivity contribution >= 4 is 0 Å². The van der Waals surface area contributed by atoms with Crippen molar-refractivity contribution in [3.8, 4) is 0 Å². The van der Waals surface area contributed by atoms with E-state index in [1.807, 2.05) is 0 Å². The fourth-order valence-electron chi connectivity index (χ4n) is 4.18. The van der Waals surface area contributed by atoms with Crippen molar-refractivity contribution in [3.05, 3.63) is 0 Å². The summed E-state index contributed by atoms with van der Waals surface area (Å²) in [5.74, 6) is 0. The van der Waals surface area contributed by atoms with Crippen LogP contribution in [0.25, 0.3) is 0 Å². The summed E-state index contributed by atoms with van der Waals surface area (Å²) < 4.78 is 6.06. The largest absolute Gasteiger partial charge is 0.378 e. The summed E-state index contributed by atoms with van der Waals surface area (Å²) in [5.41, 5.74) is 0.0786. The third kappa shape index (κ3) is 4.43. The predicted octanol–water partition coefficient (Wildman–Crippen LogP) is 4.70. The van der Waals surface area contributed by atoms with Gasteiger partial charge < -0.3 is 4.74 Å². The van der Waals surface area contributed by atoms with E-state index in [1.54, 1.807) is 0 Å². The Morgan fingerprint density at radius 2 is 1.48 bits per heavy atom. The molecule has 0 radical (unpaired) electrons. The molecular formula is C18H35NO2. The second kappa shape index (κ2) is 6.97. The fraction of sp³-hybridized carbons (Fsp3) is 1.00. The third-order valence-corrected chi connectivity index (χ3v) is 4.92. The summed E-state index contributed by atoms with van der Waals surface area (Å²) >= 11 is 0.